The van der Waals surface area contributed by atoms with Crippen molar-refractivity contribution in [2.75, 3.05) is 0 Å². The van der Waals surface area contributed by atoms with Crippen molar-refractivity contribution in [3.63, 3.8) is 0 Å². The van der Waals surface area contributed by atoms with E-state index in [2.05, 4.69) is 10.6 Å². The van der Waals surface area contributed by atoms with Crippen LogP contribution >= 0.6 is 0 Å². The van der Waals surface area contributed by atoms with Crippen LogP contribution in [0.5, 0.6) is 0 Å². The molecule has 27 heavy (non-hydrogen) atoms. The SMILES string of the molecule is CC(=O)OCc1ccc(CN[C@@H]2CCC(=O)N[C@H]2c2cc(F)cc(F)c2)o1. The second-order valence-electron chi connectivity index (χ2n) is 6.42. The number of hydrogen-bond acceptors (Lipinski definition) is 5. The highest BCUT2D eigenvalue weighted by molar-refractivity contribution is 5.77. The first-order chi connectivity index (χ1) is 12.9. The average molecular weight is 378 g/mol. The third-order valence-electron chi connectivity index (χ3n) is 4.32. The number of esters is 1. The minimum atomic E-state index is -0.690. The van der Waals surface area contributed by atoms with Crippen LogP contribution in [0.3, 0.4) is 0 Å². The van der Waals surface area contributed by atoms with Gasteiger partial charge in [0.05, 0.1) is 12.6 Å². The van der Waals surface area contributed by atoms with Crippen molar-refractivity contribution in [2.24, 2.45) is 0 Å². The normalized spacial score (nSPS) is 19.6. The van der Waals surface area contributed by atoms with E-state index in [4.69, 9.17) is 9.15 Å². The van der Waals surface area contributed by atoms with Crippen LogP contribution in [0.15, 0.2) is 34.7 Å². The number of halogens is 2. The summed E-state index contributed by atoms with van der Waals surface area (Å²) in [5.41, 5.74) is 0.369. The Morgan fingerprint density at radius 3 is 2.67 bits per heavy atom. The number of benzene rings is 1. The maximum atomic E-state index is 13.6. The number of amides is 1. The van der Waals surface area contributed by atoms with Gasteiger partial charge in [0.15, 0.2) is 0 Å². The number of rotatable bonds is 6. The summed E-state index contributed by atoms with van der Waals surface area (Å²) in [5, 5.41) is 6.05. The fraction of sp³-hybridized carbons (Fsp3) is 0.368. The van der Waals surface area contributed by atoms with E-state index in [0.29, 0.717) is 36.5 Å². The van der Waals surface area contributed by atoms with Crippen LogP contribution in [0.2, 0.25) is 0 Å². The summed E-state index contributed by atoms with van der Waals surface area (Å²) in [4.78, 5) is 22.6. The Labute approximate surface area is 154 Å². The molecule has 2 heterocycles. The lowest BCUT2D eigenvalue weighted by Crippen LogP contribution is -2.48. The standard InChI is InChI=1S/C19H20F2N2O4/c1-11(24)26-10-16-3-2-15(27-16)9-22-17-4-5-18(25)23-19(17)12-6-13(20)8-14(21)7-12/h2-3,6-8,17,19,22H,4-5,9-10H2,1H3,(H,23,25)/t17-,19+/m1/s1. The molecule has 0 spiro atoms. The number of hydrogen-bond donors (Lipinski definition) is 2. The molecule has 1 aromatic heterocycles. The molecule has 1 amide bonds. The molecule has 1 saturated heterocycles. The fourth-order valence-electron chi connectivity index (χ4n) is 3.09. The van der Waals surface area contributed by atoms with Crippen LogP contribution in [-0.4, -0.2) is 17.9 Å². The zero-order valence-electron chi connectivity index (χ0n) is 14.8. The number of piperidine rings is 1. The first-order valence-corrected chi connectivity index (χ1v) is 8.60. The van der Waals surface area contributed by atoms with Gasteiger partial charge in [-0.3, -0.25) is 9.59 Å². The molecule has 1 aliphatic heterocycles. The Bertz CT molecular complexity index is 817. The zero-order chi connectivity index (χ0) is 19.4. The van der Waals surface area contributed by atoms with E-state index < -0.39 is 23.6 Å². The molecule has 1 fully saturated rings. The highest BCUT2D eigenvalue weighted by Crippen LogP contribution is 2.26. The summed E-state index contributed by atoms with van der Waals surface area (Å²) in [6, 6.07) is 5.93. The van der Waals surface area contributed by atoms with Crippen molar-refractivity contribution in [1.29, 1.82) is 0 Å². The van der Waals surface area contributed by atoms with Gasteiger partial charge >= 0.3 is 5.97 Å². The quantitative estimate of drug-likeness (QED) is 0.756. The molecule has 6 nitrogen and oxygen atoms in total. The third-order valence-corrected chi connectivity index (χ3v) is 4.32. The van der Waals surface area contributed by atoms with Crippen molar-refractivity contribution >= 4 is 11.9 Å². The predicted molar refractivity (Wildman–Crippen MR) is 91.3 cm³/mol. The Hall–Kier alpha value is -2.74. The lowest BCUT2D eigenvalue weighted by atomic mass is 9.91. The van der Waals surface area contributed by atoms with Crippen LogP contribution in [0.25, 0.3) is 0 Å². The largest absolute Gasteiger partial charge is 0.461 e. The van der Waals surface area contributed by atoms with Gasteiger partial charge in [0, 0.05) is 25.5 Å². The van der Waals surface area contributed by atoms with Crippen molar-refractivity contribution in [3.05, 3.63) is 59.1 Å². The van der Waals surface area contributed by atoms with E-state index in [0.717, 1.165) is 6.07 Å². The predicted octanol–water partition coefficient (Wildman–Crippen LogP) is 2.73. The Kier molecular flexibility index (Phi) is 5.85. The molecule has 1 aromatic carbocycles. The lowest BCUT2D eigenvalue weighted by molar-refractivity contribution is -0.142. The Morgan fingerprint density at radius 1 is 1.26 bits per heavy atom. The molecule has 8 heteroatoms. The van der Waals surface area contributed by atoms with Gasteiger partial charge in [-0.1, -0.05) is 0 Å². The molecular weight excluding hydrogens is 358 g/mol. The molecule has 3 rings (SSSR count). The maximum absolute atomic E-state index is 13.6. The summed E-state index contributed by atoms with van der Waals surface area (Å²) in [6.45, 7) is 1.73. The van der Waals surface area contributed by atoms with Crippen LogP contribution in [0, 0.1) is 11.6 Å². The summed E-state index contributed by atoms with van der Waals surface area (Å²) < 4.78 is 37.6. The second kappa shape index (κ2) is 8.30. The van der Waals surface area contributed by atoms with E-state index in [1.165, 1.54) is 19.1 Å². The first kappa shape index (κ1) is 19.0. The van der Waals surface area contributed by atoms with E-state index in [1.807, 2.05) is 0 Å². The summed E-state index contributed by atoms with van der Waals surface area (Å²) in [6.07, 6.45) is 0.845. The molecule has 2 aromatic rings. The van der Waals surface area contributed by atoms with Crippen molar-refractivity contribution in [1.82, 2.24) is 10.6 Å². The van der Waals surface area contributed by atoms with Crippen LogP contribution in [0.1, 0.15) is 42.9 Å². The van der Waals surface area contributed by atoms with Crippen molar-refractivity contribution < 1.29 is 27.5 Å². The van der Waals surface area contributed by atoms with E-state index in [1.54, 1.807) is 12.1 Å². The van der Waals surface area contributed by atoms with Gasteiger partial charge in [-0.05, 0) is 36.2 Å². The molecule has 144 valence electrons. The first-order valence-electron chi connectivity index (χ1n) is 8.60. The number of furan rings is 1. The number of nitrogens with one attached hydrogen (secondary N) is 2. The van der Waals surface area contributed by atoms with E-state index in [9.17, 15) is 18.4 Å². The van der Waals surface area contributed by atoms with Gasteiger partial charge in [0.2, 0.25) is 5.91 Å². The second-order valence-corrected chi connectivity index (χ2v) is 6.42. The van der Waals surface area contributed by atoms with Crippen LogP contribution in [-0.2, 0) is 27.5 Å². The minimum Gasteiger partial charge on any atom is -0.461 e. The van der Waals surface area contributed by atoms with Crippen molar-refractivity contribution in [2.45, 2.75) is 45.0 Å². The molecule has 0 bridgehead atoms. The van der Waals surface area contributed by atoms with Gasteiger partial charge in [0.1, 0.15) is 29.8 Å². The van der Waals surface area contributed by atoms with Gasteiger partial charge in [-0.15, -0.1) is 0 Å². The molecule has 2 N–H and O–H groups in total. The van der Waals surface area contributed by atoms with Crippen LogP contribution < -0.4 is 10.6 Å². The number of carbonyl (C=O) groups is 2. The van der Waals surface area contributed by atoms with Gasteiger partial charge in [-0.2, -0.15) is 0 Å². The fourth-order valence-corrected chi connectivity index (χ4v) is 3.09. The van der Waals surface area contributed by atoms with Crippen LogP contribution in [0.4, 0.5) is 8.78 Å². The van der Waals surface area contributed by atoms with Gasteiger partial charge in [-0.25, -0.2) is 8.78 Å². The molecule has 0 aliphatic carbocycles. The lowest BCUT2D eigenvalue weighted by Gasteiger charge is -2.33. The van der Waals surface area contributed by atoms with Gasteiger partial charge in [0.25, 0.3) is 0 Å². The van der Waals surface area contributed by atoms with Crippen molar-refractivity contribution in [3.8, 4) is 0 Å². The topological polar surface area (TPSA) is 80.6 Å². The van der Waals surface area contributed by atoms with Gasteiger partial charge < -0.3 is 19.8 Å². The molecule has 1 aliphatic rings. The maximum Gasteiger partial charge on any atom is 0.303 e. The number of ether oxygens (including phenoxy) is 1. The molecular formula is C19H20F2N2O4. The minimum absolute atomic E-state index is 0.0556. The number of carbonyl (C=O) groups excluding carboxylic acids is 2. The smallest absolute Gasteiger partial charge is 0.303 e. The van der Waals surface area contributed by atoms with E-state index in [-0.39, 0.29) is 18.6 Å². The third kappa shape index (κ3) is 5.13. The Morgan fingerprint density at radius 2 is 1.96 bits per heavy atom. The zero-order valence-corrected chi connectivity index (χ0v) is 14.8. The molecule has 0 unspecified atom stereocenters. The average Bonchev–Trinajstić information content (AvgIpc) is 3.06. The summed E-state index contributed by atoms with van der Waals surface area (Å²) in [5.74, 6) is -0.797. The highest BCUT2D eigenvalue weighted by atomic mass is 19.1. The summed E-state index contributed by atoms with van der Waals surface area (Å²) >= 11 is 0. The Balaban J connectivity index is 1.66. The summed E-state index contributed by atoms with van der Waals surface area (Å²) in [7, 11) is 0. The monoisotopic (exact) mass is 378 g/mol. The molecule has 0 radical (unpaired) electrons. The molecule has 2 atom stereocenters. The molecule has 0 saturated carbocycles. The van der Waals surface area contributed by atoms with E-state index >= 15 is 0 Å². The highest BCUT2D eigenvalue weighted by Gasteiger charge is 2.30.